The average Bonchev–Trinajstić information content (AvgIpc) is 3.03. The van der Waals surface area contributed by atoms with E-state index in [4.69, 9.17) is 4.42 Å². The van der Waals surface area contributed by atoms with Gasteiger partial charge in [0.05, 0.1) is 10.4 Å². The molecule has 4 rings (SSSR count). The lowest BCUT2D eigenvalue weighted by Crippen LogP contribution is -2.43. The molecule has 2 aromatic rings. The van der Waals surface area contributed by atoms with Gasteiger partial charge in [0.25, 0.3) is 0 Å². The minimum atomic E-state index is -3.69. The van der Waals surface area contributed by atoms with Gasteiger partial charge in [-0.15, -0.1) is 0 Å². The number of carbonyl (C=O) groups excluding carboxylic acids is 1. The fraction of sp³-hybridized carbons (Fsp3) is 0.652. The lowest BCUT2D eigenvalue weighted by atomic mass is 9.86. The molecule has 1 N–H and O–H groups in total. The van der Waals surface area contributed by atoms with Crippen molar-refractivity contribution in [3.05, 3.63) is 28.7 Å². The highest BCUT2D eigenvalue weighted by atomic mass is 32.2. The fourth-order valence-electron chi connectivity index (χ4n) is 5.23. The van der Waals surface area contributed by atoms with E-state index in [9.17, 15) is 18.0 Å². The molecular formula is C23H33N3O5S. The van der Waals surface area contributed by atoms with Gasteiger partial charge in [-0.2, -0.15) is 4.31 Å². The van der Waals surface area contributed by atoms with Gasteiger partial charge in [-0.05, 0) is 49.1 Å². The molecule has 2 heterocycles. The van der Waals surface area contributed by atoms with Crippen LogP contribution in [0.2, 0.25) is 0 Å². The van der Waals surface area contributed by atoms with Crippen molar-refractivity contribution in [2.24, 2.45) is 17.8 Å². The molecule has 32 heavy (non-hydrogen) atoms. The van der Waals surface area contributed by atoms with E-state index in [2.05, 4.69) is 26.1 Å². The molecule has 1 saturated heterocycles. The molecule has 2 fully saturated rings. The maximum atomic E-state index is 13.2. The molecule has 9 heteroatoms. The van der Waals surface area contributed by atoms with Gasteiger partial charge in [0, 0.05) is 25.2 Å². The quantitative estimate of drug-likeness (QED) is 0.735. The van der Waals surface area contributed by atoms with Gasteiger partial charge in [-0.1, -0.05) is 33.6 Å². The van der Waals surface area contributed by atoms with Gasteiger partial charge in [-0.3, -0.25) is 9.36 Å². The number of rotatable bonds is 5. The monoisotopic (exact) mass is 463 g/mol. The molecule has 1 saturated carbocycles. The van der Waals surface area contributed by atoms with E-state index in [1.807, 2.05) is 0 Å². The lowest BCUT2D eigenvalue weighted by Gasteiger charge is -2.34. The molecule has 0 spiro atoms. The first-order valence-corrected chi connectivity index (χ1v) is 13.0. The van der Waals surface area contributed by atoms with E-state index in [-0.39, 0.29) is 29.0 Å². The molecule has 1 aliphatic carbocycles. The number of nitrogens with zero attached hydrogens (tertiary/aromatic N) is 2. The number of hydrogen-bond donors (Lipinski definition) is 1. The molecule has 1 aromatic heterocycles. The van der Waals surface area contributed by atoms with Crippen LogP contribution in [0.1, 0.15) is 52.9 Å². The Hall–Kier alpha value is -2.13. The van der Waals surface area contributed by atoms with Crippen molar-refractivity contribution in [1.29, 1.82) is 0 Å². The van der Waals surface area contributed by atoms with E-state index < -0.39 is 15.8 Å². The molecule has 1 aromatic carbocycles. The molecule has 1 aliphatic heterocycles. The Morgan fingerprint density at radius 3 is 2.50 bits per heavy atom. The second-order valence-corrected chi connectivity index (χ2v) is 11.7. The SMILES string of the molecule is C[C@@H]1C[C@H](C)CN(S(=O)(=O)c2ccc3c(c2)oc(=O)n3CC(=O)N[C@H]2CCCC[C@@H]2C)C1. The van der Waals surface area contributed by atoms with Crippen molar-refractivity contribution in [3.63, 3.8) is 0 Å². The van der Waals surface area contributed by atoms with Gasteiger partial charge in [-0.25, -0.2) is 13.2 Å². The Balaban J connectivity index is 1.55. The summed E-state index contributed by atoms with van der Waals surface area (Å²) in [5.74, 6) is 0.102. The summed E-state index contributed by atoms with van der Waals surface area (Å²) in [6.45, 7) is 7.06. The summed E-state index contributed by atoms with van der Waals surface area (Å²) in [6.07, 6.45) is 5.31. The molecule has 0 radical (unpaired) electrons. The number of carbonyl (C=O) groups is 1. The number of aromatic nitrogens is 1. The zero-order chi connectivity index (χ0) is 23.0. The highest BCUT2D eigenvalue weighted by molar-refractivity contribution is 7.89. The molecule has 0 unspecified atom stereocenters. The van der Waals surface area contributed by atoms with Crippen LogP contribution in [-0.4, -0.2) is 42.3 Å². The van der Waals surface area contributed by atoms with Crippen molar-refractivity contribution in [3.8, 4) is 0 Å². The van der Waals surface area contributed by atoms with Crippen molar-refractivity contribution in [1.82, 2.24) is 14.2 Å². The smallest absolute Gasteiger partial charge is 0.408 e. The second-order valence-electron chi connectivity index (χ2n) is 9.79. The number of fused-ring (bicyclic) bond motifs is 1. The van der Waals surface area contributed by atoms with Crippen LogP contribution >= 0.6 is 0 Å². The van der Waals surface area contributed by atoms with Crippen molar-refractivity contribution in [2.45, 2.75) is 70.4 Å². The highest BCUT2D eigenvalue weighted by Gasteiger charge is 2.32. The topological polar surface area (TPSA) is 102 Å². The Labute approximate surface area is 189 Å². The number of amides is 1. The molecule has 0 bridgehead atoms. The van der Waals surface area contributed by atoms with Gasteiger partial charge >= 0.3 is 5.76 Å². The number of piperidine rings is 1. The Bertz CT molecular complexity index is 1140. The van der Waals surface area contributed by atoms with Crippen LogP contribution in [0.25, 0.3) is 11.1 Å². The maximum Gasteiger partial charge on any atom is 0.420 e. The number of benzene rings is 1. The number of nitrogens with one attached hydrogen (secondary N) is 1. The number of oxazole rings is 1. The average molecular weight is 464 g/mol. The Kier molecular flexibility index (Phi) is 6.49. The van der Waals surface area contributed by atoms with E-state index in [0.29, 0.717) is 36.4 Å². The van der Waals surface area contributed by atoms with E-state index in [1.165, 1.54) is 27.4 Å². The summed E-state index contributed by atoms with van der Waals surface area (Å²) < 4.78 is 34.5. The molecule has 8 nitrogen and oxygen atoms in total. The van der Waals surface area contributed by atoms with Gasteiger partial charge in [0.15, 0.2) is 5.58 Å². The molecule has 4 atom stereocenters. The van der Waals surface area contributed by atoms with Crippen LogP contribution in [-0.2, 0) is 21.4 Å². The third-order valence-corrected chi connectivity index (χ3v) is 8.70. The van der Waals surface area contributed by atoms with Crippen LogP contribution in [0.15, 0.2) is 32.3 Å². The predicted molar refractivity (Wildman–Crippen MR) is 122 cm³/mol. The molecular weight excluding hydrogens is 430 g/mol. The molecule has 1 amide bonds. The van der Waals surface area contributed by atoms with E-state index in [1.54, 1.807) is 6.07 Å². The van der Waals surface area contributed by atoms with Gasteiger partial charge in [0.2, 0.25) is 15.9 Å². The zero-order valence-electron chi connectivity index (χ0n) is 19.0. The zero-order valence-corrected chi connectivity index (χ0v) is 19.9. The van der Waals surface area contributed by atoms with Crippen LogP contribution in [0, 0.1) is 17.8 Å². The van der Waals surface area contributed by atoms with E-state index >= 15 is 0 Å². The van der Waals surface area contributed by atoms with Crippen molar-refractivity contribution in [2.75, 3.05) is 13.1 Å². The Morgan fingerprint density at radius 1 is 1.12 bits per heavy atom. The normalized spacial score (nSPS) is 27.5. The van der Waals surface area contributed by atoms with Gasteiger partial charge in [0.1, 0.15) is 6.54 Å². The standard InChI is InChI=1S/C23H33N3O5S/c1-15-10-16(2)13-25(12-15)32(29,30)18-8-9-20-21(11-18)31-23(28)26(20)14-22(27)24-19-7-5-4-6-17(19)3/h8-9,11,15-17,19H,4-7,10,12-14H2,1-3H3,(H,24,27)/t15-,16+,17-,19-/m0/s1. The fourth-order valence-corrected chi connectivity index (χ4v) is 6.93. The van der Waals surface area contributed by atoms with Crippen molar-refractivity contribution >= 4 is 27.0 Å². The third-order valence-electron chi connectivity index (χ3n) is 6.87. The first-order chi connectivity index (χ1) is 15.1. The van der Waals surface area contributed by atoms with Crippen LogP contribution < -0.4 is 11.1 Å². The van der Waals surface area contributed by atoms with Crippen molar-refractivity contribution < 1.29 is 17.6 Å². The second kappa shape index (κ2) is 9.02. The highest BCUT2D eigenvalue weighted by Crippen LogP contribution is 2.28. The summed E-state index contributed by atoms with van der Waals surface area (Å²) in [4.78, 5) is 25.1. The summed E-state index contributed by atoms with van der Waals surface area (Å²) >= 11 is 0. The Morgan fingerprint density at radius 2 is 1.81 bits per heavy atom. The summed E-state index contributed by atoms with van der Waals surface area (Å²) in [5, 5.41) is 3.04. The maximum absolute atomic E-state index is 13.2. The largest absolute Gasteiger partial charge is 0.420 e. The van der Waals surface area contributed by atoms with E-state index in [0.717, 1.165) is 25.7 Å². The minimum Gasteiger partial charge on any atom is -0.408 e. The summed E-state index contributed by atoms with van der Waals surface area (Å²) in [7, 11) is -3.69. The van der Waals surface area contributed by atoms with Crippen LogP contribution in [0.4, 0.5) is 0 Å². The third kappa shape index (κ3) is 4.64. The van der Waals surface area contributed by atoms with Crippen LogP contribution in [0.5, 0.6) is 0 Å². The number of sulfonamides is 1. The number of hydrogen-bond acceptors (Lipinski definition) is 5. The molecule has 176 valence electrons. The van der Waals surface area contributed by atoms with Gasteiger partial charge < -0.3 is 9.73 Å². The summed E-state index contributed by atoms with van der Waals surface area (Å²) in [6, 6.07) is 4.57. The molecule has 2 aliphatic rings. The minimum absolute atomic E-state index is 0.104. The first-order valence-electron chi connectivity index (χ1n) is 11.6. The van der Waals surface area contributed by atoms with Crippen LogP contribution in [0.3, 0.4) is 0 Å². The lowest BCUT2D eigenvalue weighted by molar-refractivity contribution is -0.123. The first kappa shape index (κ1) is 23.0. The summed E-state index contributed by atoms with van der Waals surface area (Å²) in [5.41, 5.74) is 0.592. The predicted octanol–water partition coefficient (Wildman–Crippen LogP) is 2.96.